The molecule has 0 saturated carbocycles. The number of methoxy groups -OCH3 is 1. The fourth-order valence-electron chi connectivity index (χ4n) is 5.73. The Labute approximate surface area is 273 Å². The third-order valence-electron chi connectivity index (χ3n) is 7.74. The van der Waals surface area contributed by atoms with Gasteiger partial charge < -0.3 is 10.1 Å². The summed E-state index contributed by atoms with van der Waals surface area (Å²) in [5, 5.41) is 6.66. The number of thioether (sulfide) groups is 1. The van der Waals surface area contributed by atoms with Gasteiger partial charge in [0.1, 0.15) is 17.5 Å². The molecule has 0 aliphatic carbocycles. The SMILES string of the molecule is COc1ccccc1[C@@H]1c2sc(=O)n(CC(=O)Nc3ccc(S(N)(=O)=O)cc3)c2S[C@H]2C(=O)N(c3ccccc3C(F)(F)F)C(=O)[C@@H]12. The molecule has 0 bridgehead atoms. The summed E-state index contributed by atoms with van der Waals surface area (Å²) in [5.74, 6) is -4.26. The summed E-state index contributed by atoms with van der Waals surface area (Å²) in [4.78, 5) is 54.6. The number of rotatable bonds is 7. The Balaban J connectivity index is 1.41. The molecule has 3 heterocycles. The lowest BCUT2D eigenvalue weighted by molar-refractivity contribution is -0.137. The van der Waals surface area contributed by atoms with E-state index in [1.165, 1.54) is 37.4 Å². The fraction of sp³-hybridized carbons (Fsp3) is 0.200. The number of hydrogen-bond acceptors (Lipinski definition) is 9. The van der Waals surface area contributed by atoms with Crippen LogP contribution in [0, 0.1) is 5.92 Å². The van der Waals surface area contributed by atoms with Crippen molar-refractivity contribution < 1.29 is 40.7 Å². The maximum atomic E-state index is 14.1. The number of ether oxygens (including phenoxy) is 1. The van der Waals surface area contributed by atoms with E-state index in [9.17, 15) is 40.8 Å². The molecule has 6 rings (SSSR count). The molecular formula is C30H23F3N4O7S3. The summed E-state index contributed by atoms with van der Waals surface area (Å²) < 4.78 is 71.8. The van der Waals surface area contributed by atoms with E-state index in [4.69, 9.17) is 9.88 Å². The molecule has 1 aromatic heterocycles. The highest BCUT2D eigenvalue weighted by Crippen LogP contribution is 2.55. The van der Waals surface area contributed by atoms with Gasteiger partial charge in [0.15, 0.2) is 0 Å². The van der Waals surface area contributed by atoms with Crippen molar-refractivity contribution in [2.45, 2.75) is 33.8 Å². The zero-order valence-electron chi connectivity index (χ0n) is 24.1. The van der Waals surface area contributed by atoms with E-state index in [2.05, 4.69) is 5.32 Å². The lowest BCUT2D eigenvalue weighted by Crippen LogP contribution is -2.33. The number of aromatic nitrogens is 1. The number of imide groups is 1. The highest BCUT2D eigenvalue weighted by molar-refractivity contribution is 8.00. The third kappa shape index (κ3) is 5.83. The molecule has 0 radical (unpaired) electrons. The third-order valence-corrected chi connectivity index (χ3v) is 11.3. The van der Waals surface area contributed by atoms with Crippen molar-refractivity contribution in [3.8, 4) is 5.75 Å². The van der Waals surface area contributed by atoms with Gasteiger partial charge in [-0.2, -0.15) is 13.2 Å². The maximum Gasteiger partial charge on any atom is 0.418 e. The Morgan fingerprint density at radius 2 is 1.64 bits per heavy atom. The van der Waals surface area contributed by atoms with Crippen molar-refractivity contribution in [1.82, 2.24) is 4.57 Å². The summed E-state index contributed by atoms with van der Waals surface area (Å²) in [6.07, 6.45) is -4.86. The van der Waals surface area contributed by atoms with Gasteiger partial charge >= 0.3 is 11.0 Å². The first-order valence-corrected chi connectivity index (χ1v) is 16.9. The fourth-order valence-corrected chi connectivity index (χ4v) is 9.01. The molecule has 0 spiro atoms. The average Bonchev–Trinajstić information content (AvgIpc) is 3.46. The molecule has 1 saturated heterocycles. The van der Waals surface area contributed by atoms with Gasteiger partial charge in [-0.3, -0.25) is 23.7 Å². The van der Waals surface area contributed by atoms with Crippen LogP contribution in [0.2, 0.25) is 0 Å². The van der Waals surface area contributed by atoms with Crippen LogP contribution in [0.25, 0.3) is 0 Å². The predicted octanol–water partition coefficient (Wildman–Crippen LogP) is 4.02. The highest BCUT2D eigenvalue weighted by Gasteiger charge is 2.58. The van der Waals surface area contributed by atoms with E-state index in [1.54, 1.807) is 24.3 Å². The number of para-hydroxylation sites is 2. The molecule has 3 N–H and O–H groups in total. The first kappa shape index (κ1) is 32.5. The first-order valence-electron chi connectivity index (χ1n) is 13.7. The number of primary sulfonamides is 1. The minimum Gasteiger partial charge on any atom is -0.496 e. The van der Waals surface area contributed by atoms with Gasteiger partial charge in [-0.25, -0.2) is 18.5 Å². The monoisotopic (exact) mass is 704 g/mol. The molecule has 4 aromatic rings. The second kappa shape index (κ2) is 12.0. The number of alkyl halides is 3. The van der Waals surface area contributed by atoms with E-state index in [-0.39, 0.29) is 15.6 Å². The Hall–Kier alpha value is -4.45. The summed E-state index contributed by atoms with van der Waals surface area (Å²) in [6, 6.07) is 16.0. The van der Waals surface area contributed by atoms with Crippen LogP contribution in [0.4, 0.5) is 24.5 Å². The van der Waals surface area contributed by atoms with E-state index >= 15 is 0 Å². The molecule has 244 valence electrons. The Morgan fingerprint density at radius 1 is 0.979 bits per heavy atom. The Bertz CT molecular complexity index is 2100. The maximum absolute atomic E-state index is 14.1. The van der Waals surface area contributed by atoms with Gasteiger partial charge in [0.05, 0.1) is 34.2 Å². The number of fused-ring (bicyclic) bond motifs is 2. The van der Waals surface area contributed by atoms with Crippen molar-refractivity contribution in [3.63, 3.8) is 0 Å². The second-order valence-electron chi connectivity index (χ2n) is 10.6. The first-order chi connectivity index (χ1) is 22.2. The minimum absolute atomic E-state index is 0.172. The number of thiazole rings is 1. The van der Waals surface area contributed by atoms with Gasteiger partial charge in [0.25, 0.3) is 0 Å². The summed E-state index contributed by atoms with van der Waals surface area (Å²) >= 11 is 1.60. The molecule has 2 aliphatic rings. The average molecular weight is 705 g/mol. The minimum atomic E-state index is -4.86. The number of hydrogen-bond donors (Lipinski definition) is 2. The van der Waals surface area contributed by atoms with Crippen LogP contribution in [0.1, 0.15) is 21.9 Å². The van der Waals surface area contributed by atoms with Crippen molar-refractivity contribution in [2.75, 3.05) is 17.3 Å². The molecule has 0 unspecified atom stereocenters. The van der Waals surface area contributed by atoms with Crippen LogP contribution in [0.15, 0.2) is 87.5 Å². The number of carbonyl (C=O) groups is 3. The molecule has 3 aromatic carbocycles. The van der Waals surface area contributed by atoms with Crippen molar-refractivity contribution >= 4 is 62.2 Å². The van der Waals surface area contributed by atoms with Crippen LogP contribution in [-0.2, 0) is 37.1 Å². The molecule has 1 fully saturated rings. The van der Waals surface area contributed by atoms with Crippen molar-refractivity contribution in [3.05, 3.63) is 98.5 Å². The van der Waals surface area contributed by atoms with Gasteiger partial charge in [0, 0.05) is 22.0 Å². The normalized spacial score (nSPS) is 19.3. The van der Waals surface area contributed by atoms with E-state index in [1.807, 2.05) is 0 Å². The molecule has 3 amide bonds. The molecule has 3 atom stereocenters. The number of carbonyl (C=O) groups excluding carboxylic acids is 3. The lowest BCUT2D eigenvalue weighted by Gasteiger charge is -2.31. The summed E-state index contributed by atoms with van der Waals surface area (Å²) in [6.45, 7) is -0.520. The molecule has 47 heavy (non-hydrogen) atoms. The number of amides is 3. The van der Waals surface area contributed by atoms with Gasteiger partial charge in [0.2, 0.25) is 27.7 Å². The Kier molecular flexibility index (Phi) is 8.27. The molecular weight excluding hydrogens is 682 g/mol. The number of anilines is 2. The van der Waals surface area contributed by atoms with Crippen LogP contribution in [-0.4, -0.2) is 43.1 Å². The van der Waals surface area contributed by atoms with E-state index in [0.717, 1.165) is 45.9 Å². The molecule has 2 aliphatic heterocycles. The van der Waals surface area contributed by atoms with E-state index < -0.39 is 73.7 Å². The van der Waals surface area contributed by atoms with Crippen LogP contribution < -0.4 is 25.0 Å². The number of halogens is 3. The van der Waals surface area contributed by atoms with Crippen LogP contribution in [0.5, 0.6) is 5.75 Å². The summed E-state index contributed by atoms with van der Waals surface area (Å²) in [7, 11) is -2.57. The Morgan fingerprint density at radius 3 is 2.30 bits per heavy atom. The zero-order valence-corrected chi connectivity index (χ0v) is 26.5. The van der Waals surface area contributed by atoms with Crippen LogP contribution >= 0.6 is 23.1 Å². The van der Waals surface area contributed by atoms with Gasteiger partial charge in [-0.05, 0) is 42.5 Å². The number of nitrogens with two attached hydrogens (primary N) is 1. The predicted molar refractivity (Wildman–Crippen MR) is 167 cm³/mol. The highest BCUT2D eigenvalue weighted by atomic mass is 32.2. The zero-order chi connectivity index (χ0) is 33.8. The van der Waals surface area contributed by atoms with Crippen molar-refractivity contribution in [1.29, 1.82) is 0 Å². The largest absolute Gasteiger partial charge is 0.496 e. The van der Waals surface area contributed by atoms with Crippen LogP contribution in [0.3, 0.4) is 0 Å². The number of nitrogens with one attached hydrogen (secondary N) is 1. The topological polar surface area (TPSA) is 158 Å². The standard InChI is InChI=1S/C30H23F3N4O7S3/c1-44-20-9-5-2-6-17(20)22-23-24(27(40)37(26(23)39)19-8-4-3-7-18(19)30(31,32)33)45-28-25(22)46-29(41)36(28)14-21(38)35-15-10-12-16(13-11-15)47(34,42)43/h2-13,22-24H,14H2,1H3,(H,35,38)(H2,34,42,43)/t22-,23-,24+/m0/s1. The molecule has 17 heteroatoms. The number of sulfonamides is 1. The molecule has 11 nitrogen and oxygen atoms in total. The second-order valence-corrected chi connectivity index (χ2v) is 14.2. The summed E-state index contributed by atoms with van der Waals surface area (Å²) in [5.41, 5.74) is -1.10. The smallest absolute Gasteiger partial charge is 0.418 e. The lowest BCUT2D eigenvalue weighted by atomic mass is 9.82. The van der Waals surface area contributed by atoms with Gasteiger partial charge in [-0.15, -0.1) is 0 Å². The quantitative estimate of drug-likeness (QED) is 0.273. The number of nitrogens with zero attached hydrogens (tertiary/aromatic N) is 2. The van der Waals surface area contributed by atoms with Crippen molar-refractivity contribution in [2.24, 2.45) is 11.1 Å². The number of benzene rings is 3. The van der Waals surface area contributed by atoms with Gasteiger partial charge in [-0.1, -0.05) is 53.4 Å². The van der Waals surface area contributed by atoms with E-state index in [0.29, 0.717) is 21.1 Å².